The lowest BCUT2D eigenvalue weighted by Crippen LogP contribution is -2.20. The van der Waals surface area contributed by atoms with Gasteiger partial charge in [0.1, 0.15) is 29.6 Å². The van der Waals surface area contributed by atoms with Crippen molar-refractivity contribution in [2.75, 3.05) is 23.5 Å². The van der Waals surface area contributed by atoms with Gasteiger partial charge in [0.2, 0.25) is 5.91 Å². The quantitative estimate of drug-likeness (QED) is 0.338. The van der Waals surface area contributed by atoms with Crippen LogP contribution in [0.3, 0.4) is 0 Å². The normalized spacial score (nSPS) is 20.9. The highest BCUT2D eigenvalue weighted by molar-refractivity contribution is 7.90. The van der Waals surface area contributed by atoms with Gasteiger partial charge in [-0.3, -0.25) is 9.36 Å². The zero-order valence-electron chi connectivity index (χ0n) is 22.4. The first-order valence-corrected chi connectivity index (χ1v) is 15.0. The minimum absolute atomic E-state index is 0.0896. The van der Waals surface area contributed by atoms with Gasteiger partial charge in [-0.25, -0.2) is 27.8 Å². The van der Waals surface area contributed by atoms with Crippen molar-refractivity contribution in [1.29, 1.82) is 0 Å². The van der Waals surface area contributed by atoms with Crippen molar-refractivity contribution < 1.29 is 22.3 Å². The lowest BCUT2D eigenvalue weighted by Gasteiger charge is -2.25. The second kappa shape index (κ2) is 9.97. The Hall–Kier alpha value is -3.84. The topological polar surface area (TPSA) is 133 Å². The molecule has 210 valence electrons. The van der Waals surface area contributed by atoms with Gasteiger partial charge in [0.25, 0.3) is 0 Å². The number of imidazole rings is 2. The van der Waals surface area contributed by atoms with Crippen LogP contribution in [0, 0.1) is 12.8 Å². The van der Waals surface area contributed by atoms with Crippen molar-refractivity contribution in [2.24, 2.45) is 13.0 Å². The van der Waals surface area contributed by atoms with Crippen LogP contribution in [0.15, 0.2) is 41.7 Å². The van der Waals surface area contributed by atoms with Crippen LogP contribution in [-0.4, -0.2) is 57.4 Å². The maximum Gasteiger partial charge on any atom is 0.231 e. The summed E-state index contributed by atoms with van der Waals surface area (Å²) in [6, 6.07) is 6.69. The Balaban J connectivity index is 1.46. The number of amides is 1. The number of pyridine rings is 1. The van der Waals surface area contributed by atoms with Gasteiger partial charge in [-0.1, -0.05) is 6.07 Å². The summed E-state index contributed by atoms with van der Waals surface area (Å²) in [6.07, 6.45) is 5.97. The average Bonchev–Trinajstić information content (AvgIpc) is 3.33. The summed E-state index contributed by atoms with van der Waals surface area (Å²) >= 11 is 0. The standard InChI is InChI=1S/C27H30FN7O4S/c1-15-30-25-20(31-19-8-7-16(10-22(19)40(3,37)38)21-13-29-14-34(21)2)12-23(33-27(36)17-11-18(17)28)32-26(25)35(15)24-6-4-5-9-39-24/h7-8,10,12-14,17-18,24H,4-6,9,11H2,1-3H3,(H2,31,32,33,36)/t17-,18+,24?/m0/s1. The number of nitrogens with one attached hydrogen (secondary N) is 2. The molecule has 3 atom stereocenters. The second-order valence-electron chi connectivity index (χ2n) is 10.4. The lowest BCUT2D eigenvalue weighted by molar-refractivity contribution is -0.117. The Bertz CT molecular complexity index is 1730. The minimum Gasteiger partial charge on any atom is -0.358 e. The van der Waals surface area contributed by atoms with Gasteiger partial charge >= 0.3 is 0 Å². The van der Waals surface area contributed by atoms with Crippen LogP contribution in [-0.2, 0) is 26.4 Å². The molecule has 4 aromatic rings. The summed E-state index contributed by atoms with van der Waals surface area (Å²) in [6.45, 7) is 2.47. The molecule has 0 spiro atoms. The number of halogens is 1. The molecule has 1 unspecified atom stereocenters. The van der Waals surface area contributed by atoms with E-state index in [4.69, 9.17) is 9.72 Å². The number of sulfone groups is 1. The van der Waals surface area contributed by atoms with E-state index >= 15 is 0 Å². The third kappa shape index (κ3) is 4.94. The number of rotatable bonds is 7. The van der Waals surface area contributed by atoms with Gasteiger partial charge in [0.15, 0.2) is 15.5 Å². The number of ether oxygens (including phenoxy) is 1. The molecule has 3 aromatic heterocycles. The fraction of sp³-hybridized carbons (Fsp3) is 0.407. The van der Waals surface area contributed by atoms with Crippen LogP contribution in [0.4, 0.5) is 21.6 Å². The Labute approximate surface area is 230 Å². The molecular weight excluding hydrogens is 537 g/mol. The molecule has 2 aliphatic rings. The van der Waals surface area contributed by atoms with Crippen molar-refractivity contribution in [2.45, 2.75) is 49.9 Å². The number of aromatic nitrogens is 5. The van der Waals surface area contributed by atoms with Crippen molar-refractivity contribution >= 4 is 44.1 Å². The molecule has 0 bridgehead atoms. The summed E-state index contributed by atoms with van der Waals surface area (Å²) in [4.78, 5) is 26.2. The smallest absolute Gasteiger partial charge is 0.231 e. The fourth-order valence-electron chi connectivity index (χ4n) is 5.13. The predicted octanol–water partition coefficient (Wildman–Crippen LogP) is 4.28. The van der Waals surface area contributed by atoms with Crippen molar-refractivity contribution in [1.82, 2.24) is 24.1 Å². The fourth-order valence-corrected chi connectivity index (χ4v) is 5.99. The molecule has 1 saturated carbocycles. The van der Waals surface area contributed by atoms with E-state index in [0.717, 1.165) is 31.2 Å². The number of benzene rings is 1. The molecule has 13 heteroatoms. The molecule has 2 N–H and O–H groups in total. The molecule has 0 radical (unpaired) electrons. The Morgan fingerprint density at radius 1 is 1.18 bits per heavy atom. The highest BCUT2D eigenvalue weighted by Gasteiger charge is 2.43. The van der Waals surface area contributed by atoms with Gasteiger partial charge in [0.05, 0.1) is 40.4 Å². The number of alkyl halides is 1. The van der Waals surface area contributed by atoms with Crippen molar-refractivity contribution in [3.63, 3.8) is 0 Å². The van der Waals surface area contributed by atoms with E-state index in [0.29, 0.717) is 40.5 Å². The second-order valence-corrected chi connectivity index (χ2v) is 12.4. The van der Waals surface area contributed by atoms with Crippen LogP contribution in [0.25, 0.3) is 22.4 Å². The Kier molecular flexibility index (Phi) is 6.57. The third-order valence-corrected chi connectivity index (χ3v) is 8.47. The number of carbonyl (C=O) groups is 1. The molecule has 6 rings (SSSR count). The van der Waals surface area contributed by atoms with Crippen LogP contribution >= 0.6 is 0 Å². The Morgan fingerprint density at radius 3 is 2.62 bits per heavy atom. The lowest BCUT2D eigenvalue weighted by atomic mass is 10.1. The SMILES string of the molecule is Cc1nc2c(Nc3ccc(-c4cncn4C)cc3S(C)(=O)=O)cc(NC(=O)[C@H]3C[C@H]3F)nc2n1C1CCCCO1. The summed E-state index contributed by atoms with van der Waals surface area (Å²) in [5.74, 6) is -0.261. The monoisotopic (exact) mass is 567 g/mol. The summed E-state index contributed by atoms with van der Waals surface area (Å²) in [5.41, 5.74) is 3.22. The minimum atomic E-state index is -3.66. The highest BCUT2D eigenvalue weighted by Crippen LogP contribution is 2.38. The maximum atomic E-state index is 13.6. The van der Waals surface area contributed by atoms with E-state index in [1.165, 1.54) is 0 Å². The molecule has 1 amide bonds. The number of anilines is 3. The number of carbonyl (C=O) groups excluding carboxylic acids is 1. The highest BCUT2D eigenvalue weighted by atomic mass is 32.2. The van der Waals surface area contributed by atoms with E-state index in [2.05, 4.69) is 20.6 Å². The van der Waals surface area contributed by atoms with Gasteiger partial charge in [-0.05, 0) is 44.7 Å². The van der Waals surface area contributed by atoms with E-state index in [1.54, 1.807) is 35.3 Å². The first-order valence-electron chi connectivity index (χ1n) is 13.1. The zero-order chi connectivity index (χ0) is 28.2. The van der Waals surface area contributed by atoms with E-state index < -0.39 is 27.8 Å². The molecule has 1 saturated heterocycles. The van der Waals surface area contributed by atoms with E-state index in [9.17, 15) is 17.6 Å². The van der Waals surface area contributed by atoms with Gasteiger partial charge < -0.3 is 19.9 Å². The number of fused-ring (bicyclic) bond motifs is 1. The predicted molar refractivity (Wildman–Crippen MR) is 148 cm³/mol. The summed E-state index contributed by atoms with van der Waals surface area (Å²) in [5, 5.41) is 5.97. The van der Waals surface area contributed by atoms with Gasteiger partial charge in [0, 0.05) is 31.5 Å². The molecule has 4 heterocycles. The van der Waals surface area contributed by atoms with Crippen LogP contribution < -0.4 is 10.6 Å². The largest absolute Gasteiger partial charge is 0.358 e. The van der Waals surface area contributed by atoms with Crippen molar-refractivity contribution in [3.8, 4) is 11.3 Å². The molecule has 40 heavy (non-hydrogen) atoms. The number of hydrogen-bond acceptors (Lipinski definition) is 8. The summed E-state index contributed by atoms with van der Waals surface area (Å²) < 4.78 is 49.1. The van der Waals surface area contributed by atoms with Gasteiger partial charge in [-0.2, -0.15) is 0 Å². The number of nitrogens with zero attached hydrogens (tertiary/aromatic N) is 5. The molecule has 11 nitrogen and oxygen atoms in total. The van der Waals surface area contributed by atoms with Crippen molar-refractivity contribution in [3.05, 3.63) is 42.6 Å². The Morgan fingerprint density at radius 2 is 1.98 bits per heavy atom. The number of hydrogen-bond donors (Lipinski definition) is 2. The van der Waals surface area contributed by atoms with E-state index in [1.807, 2.05) is 24.6 Å². The maximum absolute atomic E-state index is 13.6. The first-order chi connectivity index (χ1) is 19.1. The molecule has 2 fully saturated rings. The van der Waals surface area contributed by atoms with Gasteiger partial charge in [-0.15, -0.1) is 0 Å². The third-order valence-electron chi connectivity index (χ3n) is 7.33. The molecule has 1 aliphatic heterocycles. The first kappa shape index (κ1) is 26.4. The zero-order valence-corrected chi connectivity index (χ0v) is 23.2. The van der Waals surface area contributed by atoms with Crippen LogP contribution in [0.5, 0.6) is 0 Å². The van der Waals surface area contributed by atoms with Crippen LogP contribution in [0.1, 0.15) is 37.7 Å². The average molecular weight is 568 g/mol. The van der Waals surface area contributed by atoms with Crippen LogP contribution in [0.2, 0.25) is 0 Å². The molecular formula is C27H30FN7O4S. The van der Waals surface area contributed by atoms with E-state index in [-0.39, 0.29) is 23.4 Å². The number of aryl methyl sites for hydroxylation is 2. The molecule has 1 aromatic carbocycles. The molecule has 1 aliphatic carbocycles. The summed E-state index contributed by atoms with van der Waals surface area (Å²) in [7, 11) is -1.82.